The molecule has 0 aliphatic carbocycles. The molecule has 0 saturated heterocycles. The van der Waals surface area contributed by atoms with Gasteiger partial charge in [0.05, 0.1) is 11.2 Å². The van der Waals surface area contributed by atoms with Crippen molar-refractivity contribution in [2.24, 2.45) is 7.05 Å². The molecule has 98 valence electrons. The lowest BCUT2D eigenvalue weighted by Crippen LogP contribution is -2.01. The van der Waals surface area contributed by atoms with Gasteiger partial charge in [-0.05, 0) is 19.1 Å². The van der Waals surface area contributed by atoms with E-state index >= 15 is 0 Å². The van der Waals surface area contributed by atoms with Gasteiger partial charge < -0.3 is 5.32 Å². The number of aryl methyl sites for hydroxylation is 2. The molecule has 0 radical (unpaired) electrons. The second kappa shape index (κ2) is 4.63. The molecular formula is C14H12N6. The van der Waals surface area contributed by atoms with Crippen molar-refractivity contribution in [3.63, 3.8) is 0 Å². The van der Waals surface area contributed by atoms with Crippen molar-refractivity contribution in [2.45, 2.75) is 6.92 Å². The number of rotatable bonds is 2. The van der Waals surface area contributed by atoms with Gasteiger partial charge in [0.1, 0.15) is 6.07 Å². The Balaban J connectivity index is 2.20. The van der Waals surface area contributed by atoms with Gasteiger partial charge in [-0.2, -0.15) is 10.4 Å². The number of hydrogen-bond acceptors (Lipinski definition) is 5. The minimum Gasteiger partial charge on any atom is -0.336 e. The third-order valence-electron chi connectivity index (χ3n) is 2.99. The highest BCUT2D eigenvalue weighted by molar-refractivity contribution is 5.94. The molecule has 3 rings (SSSR count). The number of fused-ring (bicyclic) bond motifs is 1. The van der Waals surface area contributed by atoms with Crippen LogP contribution in [-0.2, 0) is 7.05 Å². The fourth-order valence-electron chi connectivity index (χ4n) is 2.03. The number of benzene rings is 1. The van der Waals surface area contributed by atoms with Crippen molar-refractivity contribution in [3.8, 4) is 6.07 Å². The number of hydrogen-bond donors (Lipinski definition) is 1. The molecular weight excluding hydrogens is 252 g/mol. The summed E-state index contributed by atoms with van der Waals surface area (Å²) in [4.78, 5) is 0. The molecule has 6 nitrogen and oxygen atoms in total. The lowest BCUT2D eigenvalue weighted by Gasteiger charge is -2.08. The summed E-state index contributed by atoms with van der Waals surface area (Å²) in [6.07, 6.45) is 1.83. The van der Waals surface area contributed by atoms with Crippen LogP contribution in [0.25, 0.3) is 10.9 Å². The van der Waals surface area contributed by atoms with E-state index in [9.17, 15) is 5.26 Å². The molecule has 0 saturated carbocycles. The lowest BCUT2D eigenvalue weighted by atomic mass is 10.1. The first-order chi connectivity index (χ1) is 9.67. The van der Waals surface area contributed by atoms with Crippen molar-refractivity contribution >= 4 is 22.4 Å². The van der Waals surface area contributed by atoms with E-state index in [1.807, 2.05) is 44.4 Å². The number of aromatic nitrogens is 4. The summed E-state index contributed by atoms with van der Waals surface area (Å²) >= 11 is 0. The van der Waals surface area contributed by atoms with E-state index in [0.29, 0.717) is 11.5 Å². The highest BCUT2D eigenvalue weighted by Gasteiger charge is 2.12. The molecule has 1 aromatic carbocycles. The smallest absolute Gasteiger partial charge is 0.187 e. The average Bonchev–Trinajstić information content (AvgIpc) is 2.85. The third-order valence-corrected chi connectivity index (χ3v) is 2.99. The van der Waals surface area contributed by atoms with E-state index in [1.54, 1.807) is 4.68 Å². The molecule has 0 spiro atoms. The minimum absolute atomic E-state index is 0.258. The summed E-state index contributed by atoms with van der Waals surface area (Å²) in [7, 11) is 1.84. The van der Waals surface area contributed by atoms with Gasteiger partial charge in [0, 0.05) is 24.7 Å². The fourth-order valence-corrected chi connectivity index (χ4v) is 2.03. The molecule has 0 unspecified atom stereocenters. The zero-order chi connectivity index (χ0) is 14.1. The fraction of sp³-hybridized carbons (Fsp3) is 0.143. The Morgan fingerprint density at radius 3 is 2.80 bits per heavy atom. The summed E-state index contributed by atoms with van der Waals surface area (Å²) in [6.45, 7) is 2.00. The van der Waals surface area contributed by atoms with Crippen molar-refractivity contribution in [3.05, 3.63) is 41.7 Å². The van der Waals surface area contributed by atoms with Crippen molar-refractivity contribution in [1.82, 2.24) is 20.0 Å². The summed E-state index contributed by atoms with van der Waals surface area (Å²) in [6, 6.07) is 9.74. The zero-order valence-electron chi connectivity index (χ0n) is 11.1. The maximum atomic E-state index is 9.21. The standard InChI is InChI=1S/C14H12N6/c1-9-3-4-11-10(7-9)14(12(8-15)18-17-11)16-13-5-6-20(2)19-13/h3-7H,1-2H3,(H,16,17,19). The summed E-state index contributed by atoms with van der Waals surface area (Å²) in [5, 5.41) is 25.5. The highest BCUT2D eigenvalue weighted by atomic mass is 15.3. The molecule has 0 fully saturated rings. The van der Waals surface area contributed by atoms with Crippen molar-refractivity contribution in [2.75, 3.05) is 5.32 Å². The molecule has 2 aromatic heterocycles. The van der Waals surface area contributed by atoms with Crippen LogP contribution in [0.15, 0.2) is 30.5 Å². The van der Waals surface area contributed by atoms with Gasteiger partial charge in [0.25, 0.3) is 0 Å². The second-order valence-corrected chi connectivity index (χ2v) is 4.56. The first kappa shape index (κ1) is 12.1. The van der Waals surface area contributed by atoms with Gasteiger partial charge in [-0.3, -0.25) is 4.68 Å². The van der Waals surface area contributed by atoms with E-state index in [0.717, 1.165) is 16.5 Å². The minimum atomic E-state index is 0.258. The second-order valence-electron chi connectivity index (χ2n) is 4.56. The Kier molecular flexibility index (Phi) is 2.80. The van der Waals surface area contributed by atoms with E-state index in [2.05, 4.69) is 26.7 Å². The third kappa shape index (κ3) is 2.06. The molecule has 2 heterocycles. The Labute approximate surface area is 115 Å². The van der Waals surface area contributed by atoms with Crippen LogP contribution in [0.5, 0.6) is 0 Å². The molecule has 3 aromatic rings. The predicted molar refractivity (Wildman–Crippen MR) is 75.5 cm³/mol. The van der Waals surface area contributed by atoms with Gasteiger partial charge in [0.2, 0.25) is 0 Å². The van der Waals surface area contributed by atoms with Gasteiger partial charge in [-0.25, -0.2) is 0 Å². The molecule has 0 atom stereocenters. The first-order valence-corrected chi connectivity index (χ1v) is 6.11. The van der Waals surface area contributed by atoms with Crippen LogP contribution >= 0.6 is 0 Å². The molecule has 0 aliphatic heterocycles. The Morgan fingerprint density at radius 1 is 1.25 bits per heavy atom. The van der Waals surface area contributed by atoms with E-state index < -0.39 is 0 Å². The van der Waals surface area contributed by atoms with Crippen LogP contribution in [0.1, 0.15) is 11.3 Å². The van der Waals surface area contributed by atoms with E-state index in [4.69, 9.17) is 0 Å². The van der Waals surface area contributed by atoms with Crippen LogP contribution in [0.4, 0.5) is 11.5 Å². The SMILES string of the molecule is Cc1ccc2nnc(C#N)c(Nc3ccn(C)n3)c2c1. The topological polar surface area (TPSA) is 79.4 Å². The summed E-state index contributed by atoms with van der Waals surface area (Å²) < 4.78 is 1.69. The molecule has 0 aliphatic rings. The number of nitriles is 1. The Hall–Kier alpha value is -2.94. The molecule has 0 amide bonds. The summed E-state index contributed by atoms with van der Waals surface area (Å²) in [5.41, 5.74) is 2.74. The molecule has 20 heavy (non-hydrogen) atoms. The van der Waals surface area contributed by atoms with Crippen LogP contribution in [0, 0.1) is 18.3 Å². The highest BCUT2D eigenvalue weighted by Crippen LogP contribution is 2.27. The van der Waals surface area contributed by atoms with Crippen molar-refractivity contribution < 1.29 is 0 Å². The van der Waals surface area contributed by atoms with Crippen LogP contribution in [0.2, 0.25) is 0 Å². The molecule has 6 heteroatoms. The van der Waals surface area contributed by atoms with E-state index in [-0.39, 0.29) is 5.69 Å². The Morgan fingerprint density at radius 2 is 2.10 bits per heavy atom. The first-order valence-electron chi connectivity index (χ1n) is 6.11. The van der Waals surface area contributed by atoms with Gasteiger partial charge in [-0.15, -0.1) is 10.2 Å². The predicted octanol–water partition coefficient (Wildman–Crippen LogP) is 2.29. The number of nitrogens with one attached hydrogen (secondary N) is 1. The normalized spacial score (nSPS) is 10.4. The summed E-state index contributed by atoms with van der Waals surface area (Å²) in [5.74, 6) is 0.666. The largest absolute Gasteiger partial charge is 0.336 e. The lowest BCUT2D eigenvalue weighted by molar-refractivity contribution is 0.771. The maximum absolute atomic E-state index is 9.21. The maximum Gasteiger partial charge on any atom is 0.187 e. The van der Waals surface area contributed by atoms with Crippen molar-refractivity contribution in [1.29, 1.82) is 5.26 Å². The molecule has 0 bridgehead atoms. The monoisotopic (exact) mass is 264 g/mol. The van der Waals surface area contributed by atoms with Crippen LogP contribution < -0.4 is 5.32 Å². The number of nitrogens with zero attached hydrogens (tertiary/aromatic N) is 5. The van der Waals surface area contributed by atoms with Crippen LogP contribution in [0.3, 0.4) is 0 Å². The van der Waals surface area contributed by atoms with Gasteiger partial charge in [-0.1, -0.05) is 11.6 Å². The number of anilines is 2. The average molecular weight is 264 g/mol. The van der Waals surface area contributed by atoms with E-state index in [1.165, 1.54) is 0 Å². The van der Waals surface area contributed by atoms with Gasteiger partial charge in [0.15, 0.2) is 11.5 Å². The zero-order valence-corrected chi connectivity index (χ0v) is 11.1. The van der Waals surface area contributed by atoms with Crippen LogP contribution in [-0.4, -0.2) is 20.0 Å². The Bertz CT molecular complexity index is 827. The van der Waals surface area contributed by atoms with Gasteiger partial charge >= 0.3 is 0 Å². The molecule has 1 N–H and O–H groups in total. The quantitative estimate of drug-likeness (QED) is 0.768.